The number of hydrogen-bond acceptors (Lipinski definition) is 4. The van der Waals surface area contributed by atoms with Gasteiger partial charge in [-0.15, -0.1) is 0 Å². The summed E-state index contributed by atoms with van der Waals surface area (Å²) in [5.74, 6) is 0.985. The highest BCUT2D eigenvalue weighted by atomic mass is 35.5. The van der Waals surface area contributed by atoms with Crippen LogP contribution in [0, 0.1) is 11.7 Å². The molecule has 3 aliphatic rings. The Morgan fingerprint density at radius 3 is 2.86 bits per heavy atom. The summed E-state index contributed by atoms with van der Waals surface area (Å²) >= 11 is 6.24. The summed E-state index contributed by atoms with van der Waals surface area (Å²) in [5.41, 5.74) is 1.82. The lowest BCUT2D eigenvalue weighted by Crippen LogP contribution is -2.57. The molecule has 0 aliphatic carbocycles. The lowest BCUT2D eigenvalue weighted by Gasteiger charge is -2.53. The van der Waals surface area contributed by atoms with Gasteiger partial charge in [-0.1, -0.05) is 11.6 Å². The highest BCUT2D eigenvalue weighted by Crippen LogP contribution is 2.53. The summed E-state index contributed by atoms with van der Waals surface area (Å²) in [4.78, 5) is 6.58. The number of rotatable bonds is 2. The minimum atomic E-state index is -0.293. The van der Waals surface area contributed by atoms with Crippen LogP contribution in [0.3, 0.4) is 0 Å². The van der Waals surface area contributed by atoms with Gasteiger partial charge in [0, 0.05) is 55.6 Å². The molecule has 28 heavy (non-hydrogen) atoms. The summed E-state index contributed by atoms with van der Waals surface area (Å²) in [6.07, 6.45) is 5.47. The van der Waals surface area contributed by atoms with E-state index >= 15 is 0 Å². The summed E-state index contributed by atoms with van der Waals surface area (Å²) in [7, 11) is 0. The topological polar surface area (TPSA) is 34.6 Å². The Morgan fingerprint density at radius 2 is 2.07 bits per heavy atom. The van der Waals surface area contributed by atoms with Crippen molar-refractivity contribution in [2.24, 2.45) is 5.92 Å². The molecule has 6 heteroatoms. The van der Waals surface area contributed by atoms with Crippen molar-refractivity contribution < 1.29 is 13.9 Å². The Kier molecular flexibility index (Phi) is 4.77. The Hall–Kier alpha value is -1.69. The van der Waals surface area contributed by atoms with Gasteiger partial charge in [0.1, 0.15) is 17.2 Å². The van der Waals surface area contributed by atoms with Crippen LogP contribution >= 0.6 is 11.6 Å². The third-order valence-corrected chi connectivity index (χ3v) is 6.70. The van der Waals surface area contributed by atoms with Gasteiger partial charge >= 0.3 is 0 Å². The van der Waals surface area contributed by atoms with Gasteiger partial charge in [0.15, 0.2) is 0 Å². The van der Waals surface area contributed by atoms with Crippen LogP contribution in [-0.2, 0) is 11.3 Å². The molecule has 5 rings (SSSR count). The Bertz CT molecular complexity index is 852. The Labute approximate surface area is 169 Å². The molecule has 0 radical (unpaired) electrons. The zero-order valence-electron chi connectivity index (χ0n) is 15.7. The SMILES string of the molecule is Fc1ccc(CN2CCC3(CC2)Oc2ccc(Cl)cc2[C@H]2OCCC[C@@H]23)nc1. The van der Waals surface area contributed by atoms with Crippen LogP contribution in [0.15, 0.2) is 36.5 Å². The summed E-state index contributed by atoms with van der Waals surface area (Å²) in [5, 5.41) is 0.729. The first-order valence-electron chi connectivity index (χ1n) is 10.1. The van der Waals surface area contributed by atoms with Gasteiger partial charge in [0.2, 0.25) is 0 Å². The smallest absolute Gasteiger partial charge is 0.141 e. The van der Waals surface area contributed by atoms with E-state index in [2.05, 4.69) is 9.88 Å². The molecule has 0 N–H and O–H groups in total. The lowest BCUT2D eigenvalue weighted by molar-refractivity contribution is -0.150. The maximum atomic E-state index is 13.1. The van der Waals surface area contributed by atoms with E-state index in [9.17, 15) is 4.39 Å². The standard InChI is InChI=1S/C22H24ClFN2O2/c23-15-3-6-20-18(12-15)21-19(2-1-11-27-21)22(28-20)7-9-26(10-8-22)14-17-5-4-16(24)13-25-17/h3-6,12-13,19,21H,1-2,7-11,14H2/t19-,21+/m0/s1. The molecule has 2 saturated heterocycles. The predicted octanol–water partition coefficient (Wildman–Crippen LogP) is 4.77. The minimum absolute atomic E-state index is 0.0708. The van der Waals surface area contributed by atoms with Crippen LogP contribution in [0.1, 0.15) is 43.0 Å². The van der Waals surface area contributed by atoms with E-state index in [0.29, 0.717) is 5.92 Å². The number of piperidine rings is 1. The quantitative estimate of drug-likeness (QED) is 0.724. The van der Waals surface area contributed by atoms with E-state index in [4.69, 9.17) is 21.1 Å². The van der Waals surface area contributed by atoms with Gasteiger partial charge in [0.05, 0.1) is 18.0 Å². The molecule has 4 heterocycles. The number of benzene rings is 1. The molecule has 148 valence electrons. The molecule has 0 saturated carbocycles. The molecule has 2 fully saturated rings. The van der Waals surface area contributed by atoms with Crippen molar-refractivity contribution in [2.75, 3.05) is 19.7 Å². The molecule has 4 nitrogen and oxygen atoms in total. The number of likely N-dealkylation sites (tertiary alicyclic amines) is 1. The van der Waals surface area contributed by atoms with E-state index in [1.165, 1.54) is 12.3 Å². The van der Waals surface area contributed by atoms with Crippen LogP contribution in [-0.4, -0.2) is 35.2 Å². The molecule has 0 unspecified atom stereocenters. The first kappa shape index (κ1) is 18.3. The maximum Gasteiger partial charge on any atom is 0.141 e. The number of hydrogen-bond donors (Lipinski definition) is 0. The highest BCUT2D eigenvalue weighted by Gasteiger charge is 2.52. The van der Waals surface area contributed by atoms with Crippen molar-refractivity contribution in [1.29, 1.82) is 0 Å². The first-order chi connectivity index (χ1) is 13.6. The fourth-order valence-electron chi connectivity index (χ4n) is 5.05. The van der Waals surface area contributed by atoms with Gasteiger partial charge in [-0.2, -0.15) is 0 Å². The number of aromatic nitrogens is 1. The van der Waals surface area contributed by atoms with Gasteiger partial charge in [-0.05, 0) is 43.2 Å². The molecule has 0 bridgehead atoms. The van der Waals surface area contributed by atoms with Crippen LogP contribution < -0.4 is 4.74 Å². The number of ether oxygens (including phenoxy) is 2. The van der Waals surface area contributed by atoms with Crippen molar-refractivity contribution in [3.8, 4) is 5.75 Å². The fraction of sp³-hybridized carbons (Fsp3) is 0.500. The van der Waals surface area contributed by atoms with Crippen molar-refractivity contribution >= 4 is 11.6 Å². The Morgan fingerprint density at radius 1 is 1.21 bits per heavy atom. The monoisotopic (exact) mass is 402 g/mol. The van der Waals surface area contributed by atoms with Crippen LogP contribution in [0.2, 0.25) is 5.02 Å². The first-order valence-corrected chi connectivity index (χ1v) is 10.4. The second-order valence-electron chi connectivity index (χ2n) is 8.13. The summed E-state index contributed by atoms with van der Waals surface area (Å²) < 4.78 is 26.0. The molecule has 1 aromatic carbocycles. The van der Waals surface area contributed by atoms with Gasteiger partial charge < -0.3 is 9.47 Å². The third-order valence-electron chi connectivity index (χ3n) is 6.47. The number of halogens is 2. The van der Waals surface area contributed by atoms with E-state index in [0.717, 1.165) is 74.0 Å². The van der Waals surface area contributed by atoms with Gasteiger partial charge in [-0.25, -0.2) is 4.39 Å². The summed E-state index contributed by atoms with van der Waals surface area (Å²) in [6.45, 7) is 3.41. The zero-order chi connectivity index (χ0) is 19.1. The minimum Gasteiger partial charge on any atom is -0.486 e. The normalized spacial score (nSPS) is 26.4. The largest absolute Gasteiger partial charge is 0.486 e. The molecule has 2 aromatic rings. The fourth-order valence-corrected chi connectivity index (χ4v) is 5.23. The van der Waals surface area contributed by atoms with Gasteiger partial charge in [0.25, 0.3) is 0 Å². The Balaban J connectivity index is 1.35. The number of fused-ring (bicyclic) bond motifs is 4. The van der Waals surface area contributed by atoms with E-state index in [-0.39, 0.29) is 17.5 Å². The molecule has 3 aliphatic heterocycles. The number of pyridine rings is 1. The zero-order valence-corrected chi connectivity index (χ0v) is 16.5. The molecular weight excluding hydrogens is 379 g/mol. The molecular formula is C22H24ClFN2O2. The van der Waals surface area contributed by atoms with Crippen molar-refractivity contribution in [2.45, 2.75) is 43.9 Å². The van der Waals surface area contributed by atoms with Crippen LogP contribution in [0.25, 0.3) is 0 Å². The van der Waals surface area contributed by atoms with Crippen molar-refractivity contribution in [3.05, 3.63) is 58.6 Å². The average Bonchev–Trinajstić information content (AvgIpc) is 2.72. The second-order valence-corrected chi connectivity index (χ2v) is 8.57. The highest BCUT2D eigenvalue weighted by molar-refractivity contribution is 6.30. The third kappa shape index (κ3) is 3.30. The van der Waals surface area contributed by atoms with Crippen molar-refractivity contribution in [3.63, 3.8) is 0 Å². The molecule has 2 atom stereocenters. The second kappa shape index (κ2) is 7.29. The van der Waals surface area contributed by atoms with Crippen LogP contribution in [0.5, 0.6) is 5.75 Å². The van der Waals surface area contributed by atoms with E-state index in [1.54, 1.807) is 6.07 Å². The van der Waals surface area contributed by atoms with Crippen LogP contribution in [0.4, 0.5) is 4.39 Å². The van der Waals surface area contributed by atoms with Crippen molar-refractivity contribution in [1.82, 2.24) is 9.88 Å². The number of nitrogens with zero attached hydrogens (tertiary/aromatic N) is 2. The average molecular weight is 403 g/mol. The van der Waals surface area contributed by atoms with Gasteiger partial charge in [-0.3, -0.25) is 9.88 Å². The molecule has 0 amide bonds. The predicted molar refractivity (Wildman–Crippen MR) is 105 cm³/mol. The summed E-state index contributed by atoms with van der Waals surface area (Å²) in [6, 6.07) is 9.13. The lowest BCUT2D eigenvalue weighted by atomic mass is 9.70. The van der Waals surface area contributed by atoms with E-state index in [1.807, 2.05) is 18.2 Å². The molecule has 1 spiro atoms. The maximum absolute atomic E-state index is 13.1. The molecule has 1 aromatic heterocycles. The van der Waals surface area contributed by atoms with E-state index < -0.39 is 0 Å².